The average molecular weight is 299 g/mol. The van der Waals surface area contributed by atoms with Gasteiger partial charge in [0.25, 0.3) is 0 Å². The van der Waals surface area contributed by atoms with E-state index in [4.69, 9.17) is 11.6 Å². The van der Waals surface area contributed by atoms with Crippen molar-refractivity contribution in [1.82, 2.24) is 10.3 Å². The zero-order valence-electron chi connectivity index (χ0n) is 10.9. The lowest BCUT2D eigenvalue weighted by Gasteiger charge is -2.18. The molecule has 0 saturated heterocycles. The van der Waals surface area contributed by atoms with Crippen LogP contribution in [0, 0.1) is 12.7 Å². The number of hydrogen-bond donors (Lipinski definition) is 1. The highest BCUT2D eigenvalue weighted by Gasteiger charge is 2.19. The van der Waals surface area contributed by atoms with Crippen molar-refractivity contribution in [2.75, 3.05) is 6.54 Å². The van der Waals surface area contributed by atoms with Gasteiger partial charge >= 0.3 is 0 Å². The van der Waals surface area contributed by atoms with E-state index in [1.807, 2.05) is 6.92 Å². The minimum atomic E-state index is -0.285. The first-order valence-electron chi connectivity index (χ1n) is 6.22. The first-order valence-corrected chi connectivity index (χ1v) is 7.42. The zero-order chi connectivity index (χ0) is 13.8. The maximum Gasteiger partial charge on any atom is 0.129 e. The van der Waals surface area contributed by atoms with Crippen LogP contribution in [0.2, 0.25) is 5.02 Å². The van der Waals surface area contributed by atoms with Gasteiger partial charge in [-0.2, -0.15) is 0 Å². The molecule has 0 radical (unpaired) electrons. The van der Waals surface area contributed by atoms with E-state index in [0.29, 0.717) is 10.6 Å². The fourth-order valence-corrected chi connectivity index (χ4v) is 2.94. The fraction of sp³-hybridized carbons (Fsp3) is 0.357. The van der Waals surface area contributed by atoms with E-state index in [1.54, 1.807) is 29.7 Å². The Morgan fingerprint density at radius 3 is 2.84 bits per heavy atom. The number of thiazole rings is 1. The molecule has 1 atom stereocenters. The van der Waals surface area contributed by atoms with Crippen LogP contribution in [0.25, 0.3) is 0 Å². The molecule has 2 rings (SSSR count). The number of rotatable bonds is 5. The maximum atomic E-state index is 14.1. The topological polar surface area (TPSA) is 24.9 Å². The normalized spacial score (nSPS) is 12.6. The molecular formula is C14H16ClFN2S. The SMILES string of the molecule is CCCNC(c1cnc(C)s1)c1ccc(Cl)cc1F. The van der Waals surface area contributed by atoms with Crippen molar-refractivity contribution in [2.45, 2.75) is 26.3 Å². The van der Waals surface area contributed by atoms with Crippen molar-refractivity contribution >= 4 is 22.9 Å². The van der Waals surface area contributed by atoms with E-state index in [1.165, 1.54) is 6.07 Å². The summed E-state index contributed by atoms with van der Waals surface area (Å²) >= 11 is 7.39. The van der Waals surface area contributed by atoms with Crippen LogP contribution in [0.5, 0.6) is 0 Å². The van der Waals surface area contributed by atoms with E-state index >= 15 is 0 Å². The molecule has 2 aromatic rings. The van der Waals surface area contributed by atoms with Crippen molar-refractivity contribution < 1.29 is 4.39 Å². The zero-order valence-corrected chi connectivity index (χ0v) is 12.5. The molecule has 0 aliphatic carbocycles. The number of benzene rings is 1. The molecule has 1 aromatic carbocycles. The molecule has 0 aliphatic heterocycles. The summed E-state index contributed by atoms with van der Waals surface area (Å²) in [5, 5.41) is 4.76. The van der Waals surface area contributed by atoms with Gasteiger partial charge in [-0.05, 0) is 32.0 Å². The van der Waals surface area contributed by atoms with Crippen molar-refractivity contribution in [3.8, 4) is 0 Å². The minimum absolute atomic E-state index is 0.164. The number of nitrogens with one attached hydrogen (secondary N) is 1. The second-order valence-electron chi connectivity index (χ2n) is 4.33. The number of hydrogen-bond acceptors (Lipinski definition) is 3. The van der Waals surface area contributed by atoms with E-state index in [2.05, 4.69) is 17.2 Å². The van der Waals surface area contributed by atoms with Gasteiger partial charge in [0, 0.05) is 21.7 Å². The lowest BCUT2D eigenvalue weighted by molar-refractivity contribution is 0.551. The van der Waals surface area contributed by atoms with Gasteiger partial charge in [-0.1, -0.05) is 24.6 Å². The Morgan fingerprint density at radius 2 is 2.26 bits per heavy atom. The summed E-state index contributed by atoms with van der Waals surface area (Å²) in [4.78, 5) is 5.27. The predicted octanol–water partition coefficient (Wildman–Crippen LogP) is 4.33. The molecule has 0 bridgehead atoms. The molecule has 1 aromatic heterocycles. The summed E-state index contributed by atoms with van der Waals surface area (Å²) in [5.41, 5.74) is 0.612. The van der Waals surface area contributed by atoms with Crippen molar-refractivity contribution in [1.29, 1.82) is 0 Å². The van der Waals surface area contributed by atoms with Crippen LogP contribution in [0.15, 0.2) is 24.4 Å². The number of nitrogens with zero attached hydrogens (tertiary/aromatic N) is 1. The average Bonchev–Trinajstić information content (AvgIpc) is 2.78. The van der Waals surface area contributed by atoms with Gasteiger partial charge < -0.3 is 5.32 Å². The first-order chi connectivity index (χ1) is 9.11. The Kier molecular flexibility index (Phi) is 4.91. The minimum Gasteiger partial charge on any atom is -0.305 e. The molecule has 1 unspecified atom stereocenters. The van der Waals surface area contributed by atoms with Crippen molar-refractivity contribution in [3.05, 3.63) is 50.7 Å². The van der Waals surface area contributed by atoms with E-state index in [-0.39, 0.29) is 11.9 Å². The number of halogens is 2. The summed E-state index contributed by atoms with van der Waals surface area (Å²) in [6.07, 6.45) is 2.80. The van der Waals surface area contributed by atoms with Gasteiger partial charge in [0.2, 0.25) is 0 Å². The van der Waals surface area contributed by atoms with Gasteiger partial charge in [0.05, 0.1) is 11.0 Å². The molecule has 5 heteroatoms. The monoisotopic (exact) mass is 298 g/mol. The maximum absolute atomic E-state index is 14.1. The molecule has 0 aliphatic rings. The highest BCUT2D eigenvalue weighted by molar-refractivity contribution is 7.11. The van der Waals surface area contributed by atoms with Gasteiger partial charge in [-0.15, -0.1) is 11.3 Å². The fourth-order valence-electron chi connectivity index (χ4n) is 1.90. The third kappa shape index (κ3) is 3.53. The number of aromatic nitrogens is 1. The van der Waals surface area contributed by atoms with Crippen LogP contribution in [0.1, 0.15) is 34.8 Å². The van der Waals surface area contributed by atoms with E-state index in [9.17, 15) is 4.39 Å². The Balaban J connectivity index is 2.36. The molecule has 1 heterocycles. The first kappa shape index (κ1) is 14.4. The third-order valence-electron chi connectivity index (χ3n) is 2.80. The van der Waals surface area contributed by atoms with Crippen LogP contribution in [0.3, 0.4) is 0 Å². The summed E-state index contributed by atoms with van der Waals surface area (Å²) in [7, 11) is 0. The quantitative estimate of drug-likeness (QED) is 0.888. The van der Waals surface area contributed by atoms with Crippen molar-refractivity contribution in [3.63, 3.8) is 0 Å². The smallest absolute Gasteiger partial charge is 0.129 e. The van der Waals surface area contributed by atoms with Gasteiger partial charge in [-0.25, -0.2) is 9.37 Å². The lowest BCUT2D eigenvalue weighted by Crippen LogP contribution is -2.23. The molecule has 102 valence electrons. The summed E-state index contributed by atoms with van der Waals surface area (Å²) in [6.45, 7) is 4.85. The van der Waals surface area contributed by atoms with E-state index in [0.717, 1.165) is 22.9 Å². The van der Waals surface area contributed by atoms with Crippen LogP contribution < -0.4 is 5.32 Å². The van der Waals surface area contributed by atoms with Crippen LogP contribution in [0.4, 0.5) is 4.39 Å². The molecule has 2 nitrogen and oxygen atoms in total. The van der Waals surface area contributed by atoms with E-state index < -0.39 is 0 Å². The predicted molar refractivity (Wildman–Crippen MR) is 78.4 cm³/mol. The second kappa shape index (κ2) is 6.46. The van der Waals surface area contributed by atoms with Gasteiger partial charge in [0.1, 0.15) is 5.82 Å². The number of aryl methyl sites for hydroxylation is 1. The summed E-state index contributed by atoms with van der Waals surface area (Å²) in [5.74, 6) is -0.285. The Morgan fingerprint density at radius 1 is 1.47 bits per heavy atom. The molecule has 0 fully saturated rings. The third-order valence-corrected chi connectivity index (χ3v) is 4.01. The standard InChI is InChI=1S/C14H16ClFN2S/c1-3-6-17-14(13-8-18-9(2)19-13)11-5-4-10(15)7-12(11)16/h4-5,7-8,14,17H,3,6H2,1-2H3. The molecule has 0 spiro atoms. The molecular weight excluding hydrogens is 283 g/mol. The summed E-state index contributed by atoms with van der Waals surface area (Å²) in [6, 6.07) is 4.64. The summed E-state index contributed by atoms with van der Waals surface area (Å²) < 4.78 is 14.1. The molecule has 1 N–H and O–H groups in total. The largest absolute Gasteiger partial charge is 0.305 e. The Hall–Kier alpha value is -0.970. The highest BCUT2D eigenvalue weighted by Crippen LogP contribution is 2.29. The van der Waals surface area contributed by atoms with Crippen LogP contribution in [-0.2, 0) is 0 Å². The molecule has 0 saturated carbocycles. The molecule has 19 heavy (non-hydrogen) atoms. The van der Waals surface area contributed by atoms with Gasteiger partial charge in [-0.3, -0.25) is 0 Å². The molecule has 0 amide bonds. The highest BCUT2D eigenvalue weighted by atomic mass is 35.5. The lowest BCUT2D eigenvalue weighted by atomic mass is 10.1. The van der Waals surface area contributed by atoms with Crippen LogP contribution in [-0.4, -0.2) is 11.5 Å². The second-order valence-corrected chi connectivity index (χ2v) is 6.04. The Bertz CT molecular complexity index is 556. The Labute approximate surface area is 121 Å². The van der Waals surface area contributed by atoms with Gasteiger partial charge in [0.15, 0.2) is 0 Å². The van der Waals surface area contributed by atoms with Crippen molar-refractivity contribution in [2.24, 2.45) is 0 Å². The van der Waals surface area contributed by atoms with Crippen LogP contribution >= 0.6 is 22.9 Å².